The van der Waals surface area contributed by atoms with Crippen LogP contribution in [0.1, 0.15) is 5.56 Å². The van der Waals surface area contributed by atoms with Gasteiger partial charge in [0.2, 0.25) is 0 Å². The zero-order valence-corrected chi connectivity index (χ0v) is 13.2. The maximum absolute atomic E-state index is 12.3. The zero-order valence-electron chi connectivity index (χ0n) is 12.5. The topological polar surface area (TPSA) is 79.0 Å². The van der Waals surface area contributed by atoms with Gasteiger partial charge in [-0.15, -0.1) is 0 Å². The number of benzene rings is 1. The lowest BCUT2D eigenvalue weighted by atomic mass is 10.2. The SMILES string of the molecule is Cc1ccc(Cl)c(OC(=O)Cn2cnc3c(cnn3C)c2=O)c1. The van der Waals surface area contributed by atoms with Crippen molar-refractivity contribution in [3.63, 3.8) is 0 Å². The summed E-state index contributed by atoms with van der Waals surface area (Å²) in [5, 5.41) is 4.65. The van der Waals surface area contributed by atoms with Crippen LogP contribution in [-0.2, 0) is 18.4 Å². The van der Waals surface area contributed by atoms with Crippen molar-refractivity contribution >= 4 is 28.6 Å². The van der Waals surface area contributed by atoms with Crippen LogP contribution in [0.3, 0.4) is 0 Å². The fraction of sp³-hybridized carbons (Fsp3) is 0.200. The third kappa shape index (κ3) is 2.95. The number of esters is 1. The number of fused-ring (bicyclic) bond motifs is 1. The standard InChI is InChI=1S/C15H13ClN4O3/c1-9-3-4-11(16)12(5-9)23-13(21)7-20-8-17-14-10(15(20)22)6-18-19(14)2/h3-6,8H,7H2,1-2H3. The maximum Gasteiger partial charge on any atom is 0.331 e. The maximum atomic E-state index is 12.3. The van der Waals surface area contributed by atoms with Crippen LogP contribution in [0.4, 0.5) is 0 Å². The highest BCUT2D eigenvalue weighted by atomic mass is 35.5. The van der Waals surface area contributed by atoms with Gasteiger partial charge < -0.3 is 4.74 Å². The van der Waals surface area contributed by atoms with Gasteiger partial charge in [-0.25, -0.2) is 9.78 Å². The van der Waals surface area contributed by atoms with Crippen LogP contribution in [0, 0.1) is 6.92 Å². The van der Waals surface area contributed by atoms with E-state index in [0.29, 0.717) is 16.1 Å². The molecule has 118 valence electrons. The molecule has 1 aromatic carbocycles. The van der Waals surface area contributed by atoms with E-state index in [2.05, 4.69) is 10.1 Å². The first kappa shape index (κ1) is 15.2. The number of ether oxygens (including phenoxy) is 1. The van der Waals surface area contributed by atoms with Gasteiger partial charge in [0.25, 0.3) is 5.56 Å². The summed E-state index contributed by atoms with van der Waals surface area (Å²) in [6.07, 6.45) is 2.72. The van der Waals surface area contributed by atoms with Crippen LogP contribution in [0.25, 0.3) is 11.0 Å². The van der Waals surface area contributed by atoms with Crippen molar-refractivity contribution in [2.24, 2.45) is 7.05 Å². The first-order chi connectivity index (χ1) is 11.0. The second-order valence-corrected chi connectivity index (χ2v) is 5.50. The molecule has 0 radical (unpaired) electrons. The molecule has 0 amide bonds. The molecule has 7 nitrogen and oxygen atoms in total. The summed E-state index contributed by atoms with van der Waals surface area (Å²) in [4.78, 5) is 28.5. The fourth-order valence-corrected chi connectivity index (χ4v) is 2.32. The summed E-state index contributed by atoms with van der Waals surface area (Å²) >= 11 is 5.99. The van der Waals surface area contributed by atoms with E-state index in [1.54, 1.807) is 19.2 Å². The van der Waals surface area contributed by atoms with E-state index in [9.17, 15) is 9.59 Å². The number of aryl methyl sites for hydroxylation is 2. The quantitative estimate of drug-likeness (QED) is 0.539. The van der Waals surface area contributed by atoms with Crippen molar-refractivity contribution in [1.29, 1.82) is 0 Å². The van der Waals surface area contributed by atoms with Crippen molar-refractivity contribution in [3.05, 3.63) is 51.7 Å². The van der Waals surface area contributed by atoms with Crippen molar-refractivity contribution in [2.75, 3.05) is 0 Å². The number of halogens is 1. The van der Waals surface area contributed by atoms with Crippen molar-refractivity contribution in [2.45, 2.75) is 13.5 Å². The fourth-order valence-electron chi connectivity index (χ4n) is 2.16. The summed E-state index contributed by atoms with van der Waals surface area (Å²) in [6.45, 7) is 1.60. The van der Waals surface area contributed by atoms with E-state index in [1.165, 1.54) is 21.8 Å². The summed E-state index contributed by atoms with van der Waals surface area (Å²) in [5.41, 5.74) is 1.02. The molecule has 0 fully saturated rings. The first-order valence-corrected chi connectivity index (χ1v) is 7.17. The molecular formula is C15H13ClN4O3. The molecule has 0 atom stereocenters. The molecule has 2 aromatic heterocycles. The Morgan fingerprint density at radius 2 is 2.17 bits per heavy atom. The van der Waals surface area contributed by atoms with Crippen LogP contribution < -0.4 is 10.3 Å². The molecule has 2 heterocycles. The van der Waals surface area contributed by atoms with Gasteiger partial charge in [-0.1, -0.05) is 17.7 Å². The average molecular weight is 333 g/mol. The number of carbonyl (C=O) groups excluding carboxylic acids is 1. The average Bonchev–Trinajstić information content (AvgIpc) is 2.88. The van der Waals surface area contributed by atoms with Gasteiger partial charge in [-0.2, -0.15) is 5.10 Å². The number of hydrogen-bond acceptors (Lipinski definition) is 5. The Kier molecular flexibility index (Phi) is 3.87. The molecule has 0 N–H and O–H groups in total. The first-order valence-electron chi connectivity index (χ1n) is 6.79. The Bertz CT molecular complexity index is 961. The molecule has 23 heavy (non-hydrogen) atoms. The smallest absolute Gasteiger partial charge is 0.331 e. The number of nitrogens with zero attached hydrogens (tertiary/aromatic N) is 4. The molecule has 0 aliphatic heterocycles. The van der Waals surface area contributed by atoms with E-state index in [-0.39, 0.29) is 17.9 Å². The zero-order chi connectivity index (χ0) is 16.6. The summed E-state index contributed by atoms with van der Waals surface area (Å²) in [5.74, 6) is -0.343. The number of rotatable bonds is 3. The molecule has 0 spiro atoms. The lowest BCUT2D eigenvalue weighted by Crippen LogP contribution is -2.26. The minimum absolute atomic E-state index is 0.263. The third-order valence-corrected chi connectivity index (χ3v) is 3.64. The van der Waals surface area contributed by atoms with Gasteiger partial charge >= 0.3 is 5.97 Å². The minimum Gasteiger partial charge on any atom is -0.424 e. The number of hydrogen-bond donors (Lipinski definition) is 0. The highest BCUT2D eigenvalue weighted by Crippen LogP contribution is 2.25. The molecule has 0 saturated carbocycles. The van der Waals surface area contributed by atoms with Crippen LogP contribution in [0.5, 0.6) is 5.75 Å². The predicted octanol–water partition coefficient (Wildman–Crippen LogP) is 1.70. The van der Waals surface area contributed by atoms with Gasteiger partial charge in [-0.05, 0) is 24.6 Å². The predicted molar refractivity (Wildman–Crippen MR) is 84.6 cm³/mol. The third-order valence-electron chi connectivity index (χ3n) is 3.33. The Morgan fingerprint density at radius 3 is 2.96 bits per heavy atom. The van der Waals surface area contributed by atoms with Gasteiger partial charge in [0, 0.05) is 7.05 Å². The highest BCUT2D eigenvalue weighted by molar-refractivity contribution is 6.32. The molecule has 0 aliphatic rings. The van der Waals surface area contributed by atoms with E-state index < -0.39 is 5.97 Å². The monoisotopic (exact) mass is 332 g/mol. The van der Waals surface area contributed by atoms with Gasteiger partial charge in [0.05, 0.1) is 11.2 Å². The largest absolute Gasteiger partial charge is 0.424 e. The van der Waals surface area contributed by atoms with Crippen LogP contribution in [0.2, 0.25) is 5.02 Å². The Hall–Kier alpha value is -2.67. The Labute approximate surface area is 136 Å². The molecule has 3 aromatic rings. The Balaban J connectivity index is 1.84. The lowest BCUT2D eigenvalue weighted by molar-refractivity contribution is -0.135. The number of carbonyl (C=O) groups is 1. The molecule has 0 unspecified atom stereocenters. The van der Waals surface area contributed by atoms with E-state index >= 15 is 0 Å². The normalized spacial score (nSPS) is 10.9. The van der Waals surface area contributed by atoms with Gasteiger partial charge in [0.1, 0.15) is 24.0 Å². The molecule has 0 saturated heterocycles. The number of aromatic nitrogens is 4. The van der Waals surface area contributed by atoms with Gasteiger partial charge in [0.15, 0.2) is 5.65 Å². The van der Waals surface area contributed by atoms with Crippen LogP contribution >= 0.6 is 11.6 Å². The van der Waals surface area contributed by atoms with E-state index in [0.717, 1.165) is 5.56 Å². The van der Waals surface area contributed by atoms with Gasteiger partial charge in [-0.3, -0.25) is 14.0 Å². The van der Waals surface area contributed by atoms with Crippen molar-refractivity contribution in [3.8, 4) is 5.75 Å². The molecule has 8 heteroatoms. The second-order valence-electron chi connectivity index (χ2n) is 5.09. The van der Waals surface area contributed by atoms with E-state index in [4.69, 9.17) is 16.3 Å². The Morgan fingerprint density at radius 1 is 1.39 bits per heavy atom. The van der Waals surface area contributed by atoms with Crippen molar-refractivity contribution < 1.29 is 9.53 Å². The van der Waals surface area contributed by atoms with Crippen molar-refractivity contribution in [1.82, 2.24) is 19.3 Å². The minimum atomic E-state index is -0.607. The summed E-state index contributed by atoms with van der Waals surface area (Å²) in [7, 11) is 1.69. The van der Waals surface area contributed by atoms with Crippen LogP contribution in [0.15, 0.2) is 35.5 Å². The molecule has 0 bridgehead atoms. The van der Waals surface area contributed by atoms with Crippen LogP contribution in [-0.4, -0.2) is 25.3 Å². The molecular weight excluding hydrogens is 320 g/mol. The summed E-state index contributed by atoms with van der Waals surface area (Å²) < 4.78 is 7.89. The van der Waals surface area contributed by atoms with E-state index in [1.807, 2.05) is 13.0 Å². The second kappa shape index (κ2) is 5.85. The lowest BCUT2D eigenvalue weighted by Gasteiger charge is -2.08. The highest BCUT2D eigenvalue weighted by Gasteiger charge is 2.13. The summed E-state index contributed by atoms with van der Waals surface area (Å²) in [6, 6.07) is 5.12. The molecule has 3 rings (SSSR count). The molecule has 0 aliphatic carbocycles.